The molecule has 1 saturated heterocycles. The van der Waals surface area contributed by atoms with E-state index in [1.807, 2.05) is 66.1 Å². The van der Waals surface area contributed by atoms with Crippen molar-refractivity contribution in [2.24, 2.45) is 0 Å². The van der Waals surface area contributed by atoms with Crippen LogP contribution >= 0.6 is 0 Å². The Morgan fingerprint density at radius 1 is 0.939 bits per heavy atom. The summed E-state index contributed by atoms with van der Waals surface area (Å²) < 4.78 is 25.8. The van der Waals surface area contributed by atoms with Crippen LogP contribution in [0, 0.1) is 12.7 Å². The Morgan fingerprint density at radius 2 is 1.67 bits per heavy atom. The van der Waals surface area contributed by atoms with Crippen molar-refractivity contribution in [3.63, 3.8) is 0 Å². The van der Waals surface area contributed by atoms with Gasteiger partial charge in [0.05, 0.1) is 12.3 Å². The lowest BCUT2D eigenvalue weighted by Gasteiger charge is -2.36. The van der Waals surface area contributed by atoms with Gasteiger partial charge in [-0.3, -0.25) is 4.79 Å². The van der Waals surface area contributed by atoms with E-state index in [1.165, 1.54) is 11.6 Å². The maximum absolute atomic E-state index is 14.1. The SMILES string of the molecule is CCOc1ccc(C(=O)N2CCN(c3ccccc3F)CC2)cc1COc1ccc(C)cc1. The summed E-state index contributed by atoms with van der Waals surface area (Å²) in [4.78, 5) is 17.0. The molecule has 0 atom stereocenters. The minimum Gasteiger partial charge on any atom is -0.493 e. The monoisotopic (exact) mass is 448 g/mol. The molecular weight excluding hydrogens is 419 g/mol. The van der Waals surface area contributed by atoms with Gasteiger partial charge < -0.3 is 19.3 Å². The Hall–Kier alpha value is -3.54. The molecule has 0 aromatic heterocycles. The van der Waals surface area contributed by atoms with E-state index in [0.717, 1.165) is 11.3 Å². The summed E-state index contributed by atoms with van der Waals surface area (Å²) in [5.74, 6) is 1.21. The standard InChI is InChI=1S/C27H29FN2O3/c1-3-32-26-13-10-21(18-22(26)19-33-23-11-8-20(2)9-12-23)27(31)30-16-14-29(15-17-30)25-7-5-4-6-24(25)28/h4-13,18H,3,14-17,19H2,1-2H3. The Kier molecular flexibility index (Phi) is 7.13. The van der Waals surface area contributed by atoms with Gasteiger partial charge in [0.25, 0.3) is 5.91 Å². The Balaban J connectivity index is 1.44. The maximum atomic E-state index is 14.1. The largest absolute Gasteiger partial charge is 0.493 e. The number of anilines is 1. The zero-order chi connectivity index (χ0) is 23.2. The summed E-state index contributed by atoms with van der Waals surface area (Å²) >= 11 is 0. The number of hydrogen-bond acceptors (Lipinski definition) is 4. The van der Waals surface area contributed by atoms with Crippen LogP contribution in [0.1, 0.15) is 28.4 Å². The number of carbonyl (C=O) groups is 1. The van der Waals surface area contributed by atoms with Gasteiger partial charge in [-0.05, 0) is 56.3 Å². The summed E-state index contributed by atoms with van der Waals surface area (Å²) in [6, 6.07) is 20.1. The third-order valence-electron chi connectivity index (χ3n) is 5.78. The number of para-hydroxylation sites is 1. The third kappa shape index (κ3) is 5.45. The van der Waals surface area contributed by atoms with Crippen molar-refractivity contribution >= 4 is 11.6 Å². The molecule has 0 unspecified atom stereocenters. The van der Waals surface area contributed by atoms with Crippen LogP contribution in [0.5, 0.6) is 11.5 Å². The van der Waals surface area contributed by atoms with E-state index in [0.29, 0.717) is 56.4 Å². The number of halogens is 1. The second kappa shape index (κ2) is 10.4. The van der Waals surface area contributed by atoms with Gasteiger partial charge in [-0.25, -0.2) is 4.39 Å². The normalized spacial score (nSPS) is 13.7. The smallest absolute Gasteiger partial charge is 0.253 e. The van der Waals surface area contributed by atoms with Crippen LogP contribution in [0.25, 0.3) is 0 Å². The molecule has 1 heterocycles. The molecule has 1 fully saturated rings. The van der Waals surface area contributed by atoms with E-state index < -0.39 is 0 Å². The van der Waals surface area contributed by atoms with E-state index >= 15 is 0 Å². The lowest BCUT2D eigenvalue weighted by atomic mass is 10.1. The van der Waals surface area contributed by atoms with Crippen molar-refractivity contribution in [3.8, 4) is 11.5 Å². The van der Waals surface area contributed by atoms with Crippen LogP contribution in [0.4, 0.5) is 10.1 Å². The molecule has 5 nitrogen and oxygen atoms in total. The molecule has 1 aliphatic rings. The van der Waals surface area contributed by atoms with Crippen LogP contribution in [-0.4, -0.2) is 43.6 Å². The zero-order valence-electron chi connectivity index (χ0n) is 19.1. The molecule has 3 aromatic carbocycles. The molecule has 3 aromatic rings. The van der Waals surface area contributed by atoms with Crippen molar-refractivity contribution in [1.82, 2.24) is 4.90 Å². The van der Waals surface area contributed by atoms with Gasteiger partial charge in [0.2, 0.25) is 0 Å². The van der Waals surface area contributed by atoms with Gasteiger partial charge in [0, 0.05) is 37.3 Å². The Bertz CT molecular complexity index is 1090. The van der Waals surface area contributed by atoms with E-state index in [1.54, 1.807) is 18.2 Å². The van der Waals surface area contributed by atoms with E-state index in [4.69, 9.17) is 9.47 Å². The number of rotatable bonds is 7. The average Bonchev–Trinajstić information content (AvgIpc) is 2.84. The van der Waals surface area contributed by atoms with Crippen molar-refractivity contribution in [1.29, 1.82) is 0 Å². The summed E-state index contributed by atoms with van der Waals surface area (Å²) in [5, 5.41) is 0. The Labute approximate surface area is 194 Å². The van der Waals surface area contributed by atoms with Crippen LogP contribution in [0.3, 0.4) is 0 Å². The number of nitrogens with zero attached hydrogens (tertiary/aromatic N) is 2. The van der Waals surface area contributed by atoms with Crippen molar-refractivity contribution in [2.45, 2.75) is 20.5 Å². The van der Waals surface area contributed by atoms with Crippen LogP contribution in [0.15, 0.2) is 66.7 Å². The number of amides is 1. The number of piperazine rings is 1. The zero-order valence-corrected chi connectivity index (χ0v) is 19.1. The van der Waals surface area contributed by atoms with Gasteiger partial charge in [-0.2, -0.15) is 0 Å². The van der Waals surface area contributed by atoms with Gasteiger partial charge in [-0.1, -0.05) is 29.8 Å². The molecular formula is C27H29FN2O3. The summed E-state index contributed by atoms with van der Waals surface area (Å²) in [5.41, 5.74) is 3.18. The van der Waals surface area contributed by atoms with Crippen molar-refractivity contribution < 1.29 is 18.7 Å². The summed E-state index contributed by atoms with van der Waals surface area (Å²) in [6.45, 7) is 7.05. The molecule has 1 amide bonds. The van der Waals surface area contributed by atoms with Gasteiger partial charge in [-0.15, -0.1) is 0 Å². The van der Waals surface area contributed by atoms with E-state index in [9.17, 15) is 9.18 Å². The molecule has 4 rings (SSSR count). The number of hydrogen-bond donors (Lipinski definition) is 0. The second-order valence-electron chi connectivity index (χ2n) is 8.09. The van der Waals surface area contributed by atoms with Gasteiger partial charge in [0.15, 0.2) is 0 Å². The number of benzene rings is 3. The fraction of sp³-hybridized carbons (Fsp3) is 0.296. The first-order valence-corrected chi connectivity index (χ1v) is 11.3. The van der Waals surface area contributed by atoms with Crippen molar-refractivity contribution in [2.75, 3.05) is 37.7 Å². The first kappa shape index (κ1) is 22.6. The molecule has 0 aliphatic carbocycles. The lowest BCUT2D eigenvalue weighted by molar-refractivity contribution is 0.0746. The molecule has 0 radical (unpaired) electrons. The third-order valence-corrected chi connectivity index (χ3v) is 5.78. The summed E-state index contributed by atoms with van der Waals surface area (Å²) in [6.07, 6.45) is 0. The first-order valence-electron chi connectivity index (χ1n) is 11.3. The molecule has 0 spiro atoms. The molecule has 0 saturated carbocycles. The fourth-order valence-corrected chi connectivity index (χ4v) is 3.96. The molecule has 33 heavy (non-hydrogen) atoms. The highest BCUT2D eigenvalue weighted by atomic mass is 19.1. The summed E-state index contributed by atoms with van der Waals surface area (Å²) in [7, 11) is 0. The highest BCUT2D eigenvalue weighted by molar-refractivity contribution is 5.94. The first-order chi connectivity index (χ1) is 16.0. The minimum absolute atomic E-state index is 0.0391. The van der Waals surface area contributed by atoms with Gasteiger partial charge in [0.1, 0.15) is 23.9 Å². The Morgan fingerprint density at radius 3 is 2.36 bits per heavy atom. The van der Waals surface area contributed by atoms with Crippen LogP contribution in [-0.2, 0) is 6.61 Å². The highest BCUT2D eigenvalue weighted by Gasteiger charge is 2.24. The number of aryl methyl sites for hydroxylation is 1. The quantitative estimate of drug-likeness (QED) is 0.506. The predicted molar refractivity (Wildman–Crippen MR) is 128 cm³/mol. The van der Waals surface area contributed by atoms with E-state index in [-0.39, 0.29) is 11.7 Å². The topological polar surface area (TPSA) is 42.0 Å². The molecule has 1 aliphatic heterocycles. The molecule has 0 bridgehead atoms. The number of ether oxygens (including phenoxy) is 2. The predicted octanol–water partition coefficient (Wildman–Crippen LogP) is 5.07. The van der Waals surface area contributed by atoms with E-state index in [2.05, 4.69) is 0 Å². The molecule has 172 valence electrons. The number of carbonyl (C=O) groups excluding carboxylic acids is 1. The second-order valence-corrected chi connectivity index (χ2v) is 8.09. The minimum atomic E-state index is -0.234. The van der Waals surface area contributed by atoms with Crippen LogP contribution < -0.4 is 14.4 Å². The maximum Gasteiger partial charge on any atom is 0.253 e. The lowest BCUT2D eigenvalue weighted by Crippen LogP contribution is -2.49. The molecule has 0 N–H and O–H groups in total. The van der Waals surface area contributed by atoms with Crippen LogP contribution in [0.2, 0.25) is 0 Å². The highest BCUT2D eigenvalue weighted by Crippen LogP contribution is 2.25. The average molecular weight is 449 g/mol. The van der Waals surface area contributed by atoms with Gasteiger partial charge >= 0.3 is 0 Å². The molecule has 6 heteroatoms. The van der Waals surface area contributed by atoms with Crippen molar-refractivity contribution in [3.05, 3.63) is 89.2 Å². The fourth-order valence-electron chi connectivity index (χ4n) is 3.96.